The Labute approximate surface area is 171 Å². The molecule has 6 nitrogen and oxygen atoms in total. The second kappa shape index (κ2) is 9.09. The molecule has 0 bridgehead atoms. The third kappa shape index (κ3) is 4.95. The number of para-hydroxylation sites is 2. The minimum absolute atomic E-state index is 0.00550. The molecule has 1 fully saturated rings. The summed E-state index contributed by atoms with van der Waals surface area (Å²) in [5.74, 6) is 0.110. The van der Waals surface area contributed by atoms with Crippen LogP contribution in [0.4, 0.5) is 5.69 Å². The number of nitrogens with one attached hydrogen (secondary N) is 2. The Kier molecular flexibility index (Phi) is 6.10. The number of nitrogens with zero attached hydrogens (tertiary/aromatic N) is 1. The van der Waals surface area contributed by atoms with E-state index in [1.807, 2.05) is 24.3 Å². The summed E-state index contributed by atoms with van der Waals surface area (Å²) in [5.41, 5.74) is 3.00. The molecule has 0 spiro atoms. The molecule has 0 aromatic heterocycles. The number of anilines is 1. The molecule has 0 aliphatic carbocycles. The zero-order valence-corrected chi connectivity index (χ0v) is 16.5. The van der Waals surface area contributed by atoms with E-state index in [1.54, 1.807) is 12.1 Å². The summed E-state index contributed by atoms with van der Waals surface area (Å²) in [6.07, 6.45) is 3.01. The predicted molar refractivity (Wildman–Crippen MR) is 112 cm³/mol. The minimum atomic E-state index is -0.812. The molecule has 2 amide bonds. The first kappa shape index (κ1) is 19.5. The van der Waals surface area contributed by atoms with E-state index in [0.29, 0.717) is 18.0 Å². The predicted octanol–water partition coefficient (Wildman–Crippen LogP) is 3.08. The lowest BCUT2D eigenvalue weighted by Crippen LogP contribution is -2.41. The second-order valence-electron chi connectivity index (χ2n) is 7.68. The number of amides is 2. The molecule has 6 heteroatoms. The van der Waals surface area contributed by atoms with Gasteiger partial charge in [0.2, 0.25) is 5.91 Å². The highest BCUT2D eigenvalue weighted by molar-refractivity contribution is 5.99. The number of fused-ring (bicyclic) bond motifs is 1. The van der Waals surface area contributed by atoms with Crippen molar-refractivity contribution in [3.63, 3.8) is 0 Å². The van der Waals surface area contributed by atoms with E-state index in [-0.39, 0.29) is 18.2 Å². The molecule has 0 radical (unpaired) electrons. The summed E-state index contributed by atoms with van der Waals surface area (Å²) in [6, 6.07) is 15.5. The SMILES string of the molecule is O=C(C[C@H]1Oc2ccccc2NC1=O)NCc1ccccc1CN1CCCCC1. The lowest BCUT2D eigenvalue weighted by atomic mass is 10.0. The fourth-order valence-electron chi connectivity index (χ4n) is 3.90. The van der Waals surface area contributed by atoms with Gasteiger partial charge in [0.05, 0.1) is 12.1 Å². The van der Waals surface area contributed by atoms with Gasteiger partial charge in [-0.15, -0.1) is 0 Å². The van der Waals surface area contributed by atoms with Crippen LogP contribution in [0.2, 0.25) is 0 Å². The Hall–Kier alpha value is -2.86. The van der Waals surface area contributed by atoms with E-state index >= 15 is 0 Å². The van der Waals surface area contributed by atoms with Gasteiger partial charge >= 0.3 is 0 Å². The van der Waals surface area contributed by atoms with E-state index in [1.165, 1.54) is 24.8 Å². The van der Waals surface area contributed by atoms with Crippen LogP contribution in [0.15, 0.2) is 48.5 Å². The van der Waals surface area contributed by atoms with Crippen LogP contribution >= 0.6 is 0 Å². The number of hydrogen-bond acceptors (Lipinski definition) is 4. The maximum atomic E-state index is 12.5. The van der Waals surface area contributed by atoms with Crippen LogP contribution in [-0.4, -0.2) is 35.9 Å². The van der Waals surface area contributed by atoms with E-state index in [4.69, 9.17) is 4.74 Å². The highest BCUT2D eigenvalue weighted by atomic mass is 16.5. The highest BCUT2D eigenvalue weighted by Crippen LogP contribution is 2.29. The maximum Gasteiger partial charge on any atom is 0.266 e. The summed E-state index contributed by atoms with van der Waals surface area (Å²) in [7, 11) is 0. The Morgan fingerprint density at radius 2 is 1.76 bits per heavy atom. The molecule has 1 saturated heterocycles. The minimum Gasteiger partial charge on any atom is -0.478 e. The van der Waals surface area contributed by atoms with Crippen molar-refractivity contribution in [3.8, 4) is 5.75 Å². The van der Waals surface area contributed by atoms with Crippen LogP contribution in [0.25, 0.3) is 0 Å². The normalized spacial score (nSPS) is 19.0. The summed E-state index contributed by atoms with van der Waals surface area (Å²) >= 11 is 0. The quantitative estimate of drug-likeness (QED) is 0.791. The molecule has 2 N–H and O–H groups in total. The molecule has 0 saturated carbocycles. The van der Waals surface area contributed by atoms with E-state index in [2.05, 4.69) is 27.7 Å². The number of ether oxygens (including phenoxy) is 1. The zero-order chi connectivity index (χ0) is 20.1. The molecule has 2 aliphatic rings. The smallest absolute Gasteiger partial charge is 0.266 e. The first-order valence-electron chi connectivity index (χ1n) is 10.3. The fraction of sp³-hybridized carbons (Fsp3) is 0.391. The Morgan fingerprint density at radius 1 is 1.03 bits per heavy atom. The first-order valence-corrected chi connectivity index (χ1v) is 10.3. The topological polar surface area (TPSA) is 70.7 Å². The van der Waals surface area contributed by atoms with E-state index in [9.17, 15) is 9.59 Å². The van der Waals surface area contributed by atoms with Crippen molar-refractivity contribution >= 4 is 17.5 Å². The number of piperidine rings is 1. The van der Waals surface area contributed by atoms with Crippen molar-refractivity contribution in [1.29, 1.82) is 0 Å². The number of hydrogen-bond donors (Lipinski definition) is 2. The van der Waals surface area contributed by atoms with E-state index < -0.39 is 6.10 Å². The van der Waals surface area contributed by atoms with Crippen molar-refractivity contribution in [2.45, 2.75) is 44.9 Å². The summed E-state index contributed by atoms with van der Waals surface area (Å²) in [6.45, 7) is 3.64. The van der Waals surface area contributed by atoms with Crippen LogP contribution in [-0.2, 0) is 22.7 Å². The van der Waals surface area contributed by atoms with Gasteiger partial charge in [-0.25, -0.2) is 0 Å². The zero-order valence-electron chi connectivity index (χ0n) is 16.5. The molecule has 2 aromatic rings. The van der Waals surface area contributed by atoms with Crippen LogP contribution in [0.1, 0.15) is 36.8 Å². The van der Waals surface area contributed by atoms with Crippen molar-refractivity contribution in [2.75, 3.05) is 18.4 Å². The maximum absolute atomic E-state index is 12.5. The van der Waals surface area contributed by atoms with Gasteiger partial charge in [-0.1, -0.05) is 42.8 Å². The average Bonchev–Trinajstić information content (AvgIpc) is 2.74. The molecule has 2 heterocycles. The third-order valence-electron chi connectivity index (χ3n) is 5.51. The van der Waals surface area contributed by atoms with E-state index in [0.717, 1.165) is 25.2 Å². The molecular weight excluding hydrogens is 366 g/mol. The summed E-state index contributed by atoms with van der Waals surface area (Å²) in [4.78, 5) is 27.2. The average molecular weight is 393 g/mol. The molecule has 4 rings (SSSR count). The molecule has 29 heavy (non-hydrogen) atoms. The Balaban J connectivity index is 1.32. The van der Waals surface area contributed by atoms with Gasteiger partial charge in [0.1, 0.15) is 5.75 Å². The van der Waals surface area contributed by atoms with Gasteiger partial charge in [-0.3, -0.25) is 14.5 Å². The molecule has 0 unspecified atom stereocenters. The van der Waals surface area contributed by atoms with Crippen molar-refractivity contribution < 1.29 is 14.3 Å². The Morgan fingerprint density at radius 3 is 2.59 bits per heavy atom. The van der Waals surface area contributed by atoms with Gasteiger partial charge in [0.15, 0.2) is 6.10 Å². The number of benzene rings is 2. The number of carbonyl (C=O) groups is 2. The lowest BCUT2D eigenvalue weighted by molar-refractivity contribution is -0.130. The molecule has 2 aromatic carbocycles. The highest BCUT2D eigenvalue weighted by Gasteiger charge is 2.29. The van der Waals surface area contributed by atoms with Crippen LogP contribution in [0, 0.1) is 0 Å². The van der Waals surface area contributed by atoms with Crippen LogP contribution in [0.5, 0.6) is 5.75 Å². The van der Waals surface area contributed by atoms with Crippen molar-refractivity contribution in [2.24, 2.45) is 0 Å². The fourth-order valence-corrected chi connectivity index (χ4v) is 3.90. The lowest BCUT2D eigenvalue weighted by Gasteiger charge is -2.27. The molecular formula is C23H27N3O3. The van der Waals surface area contributed by atoms with Gasteiger partial charge in [-0.2, -0.15) is 0 Å². The standard InChI is InChI=1S/C23H27N3O3/c27-22(14-21-23(28)25-19-10-4-5-11-20(19)29-21)24-15-17-8-2-3-9-18(17)16-26-12-6-1-7-13-26/h2-5,8-11,21H,1,6-7,12-16H2,(H,24,27)(H,25,28)/t21-/m1/s1. The summed E-state index contributed by atoms with van der Waals surface area (Å²) < 4.78 is 5.71. The summed E-state index contributed by atoms with van der Waals surface area (Å²) in [5, 5.41) is 5.75. The second-order valence-corrected chi connectivity index (χ2v) is 7.68. The molecule has 152 valence electrons. The Bertz CT molecular complexity index is 877. The van der Waals surface area contributed by atoms with Gasteiger partial charge in [0, 0.05) is 13.1 Å². The largest absolute Gasteiger partial charge is 0.478 e. The monoisotopic (exact) mass is 393 g/mol. The van der Waals surface area contributed by atoms with Crippen LogP contribution < -0.4 is 15.4 Å². The first-order chi connectivity index (χ1) is 14.2. The van der Waals surface area contributed by atoms with Crippen molar-refractivity contribution in [3.05, 3.63) is 59.7 Å². The number of likely N-dealkylation sites (tertiary alicyclic amines) is 1. The van der Waals surface area contributed by atoms with Crippen molar-refractivity contribution in [1.82, 2.24) is 10.2 Å². The molecule has 1 atom stereocenters. The van der Waals surface area contributed by atoms with Gasteiger partial charge < -0.3 is 15.4 Å². The van der Waals surface area contributed by atoms with Crippen LogP contribution in [0.3, 0.4) is 0 Å². The van der Waals surface area contributed by atoms with Gasteiger partial charge in [-0.05, 0) is 49.2 Å². The third-order valence-corrected chi connectivity index (χ3v) is 5.51. The molecule has 2 aliphatic heterocycles. The number of carbonyl (C=O) groups excluding carboxylic acids is 2. The number of rotatable bonds is 6. The van der Waals surface area contributed by atoms with Gasteiger partial charge in [0.25, 0.3) is 5.91 Å².